The molecule has 0 bridgehead atoms. The molecule has 0 aliphatic carbocycles. The van der Waals surface area contributed by atoms with Crippen molar-refractivity contribution >= 4 is 17.6 Å². The molecule has 0 radical (unpaired) electrons. The number of pyridine rings is 1. The molecule has 1 N–H and O–H groups in total. The van der Waals surface area contributed by atoms with Gasteiger partial charge in [-0.3, -0.25) is 0 Å². The van der Waals surface area contributed by atoms with E-state index in [2.05, 4.69) is 68.3 Å². The van der Waals surface area contributed by atoms with Crippen molar-refractivity contribution in [2.75, 3.05) is 24.0 Å². The van der Waals surface area contributed by atoms with Gasteiger partial charge in [0, 0.05) is 31.4 Å². The summed E-state index contributed by atoms with van der Waals surface area (Å²) < 4.78 is 0. The summed E-state index contributed by atoms with van der Waals surface area (Å²) >= 11 is 1.90. The Hall–Kier alpha value is -0.740. The second kappa shape index (κ2) is 8.53. The molecule has 0 saturated carbocycles. The number of hydrogen-bond acceptors (Lipinski definition) is 4. The summed E-state index contributed by atoms with van der Waals surface area (Å²) in [7, 11) is 2.15. The molecule has 4 heteroatoms. The Bertz CT molecular complexity index is 407. The molecule has 20 heavy (non-hydrogen) atoms. The Balaban J connectivity index is 2.78. The van der Waals surface area contributed by atoms with Crippen LogP contribution in [-0.2, 0) is 6.54 Å². The van der Waals surface area contributed by atoms with Crippen LogP contribution in [0, 0.1) is 6.92 Å². The first-order chi connectivity index (χ1) is 9.43. The van der Waals surface area contributed by atoms with Crippen LogP contribution < -0.4 is 10.2 Å². The minimum Gasteiger partial charge on any atom is -0.357 e. The van der Waals surface area contributed by atoms with E-state index in [9.17, 15) is 0 Å². The number of thioether (sulfide) groups is 1. The normalized spacial score (nSPS) is 12.8. The number of hydrogen-bond donors (Lipinski definition) is 1. The van der Waals surface area contributed by atoms with Crippen LogP contribution in [0.1, 0.15) is 38.4 Å². The molecular formula is C16H29N3S. The highest BCUT2D eigenvalue weighted by molar-refractivity contribution is 7.98. The molecular weight excluding hydrogens is 266 g/mol. The Morgan fingerprint density at radius 1 is 1.30 bits per heavy atom. The van der Waals surface area contributed by atoms with E-state index in [0.29, 0.717) is 12.1 Å². The van der Waals surface area contributed by atoms with Crippen LogP contribution in [0.2, 0.25) is 0 Å². The Morgan fingerprint density at radius 2 is 2.00 bits per heavy atom. The highest BCUT2D eigenvalue weighted by Gasteiger charge is 2.12. The number of rotatable bonds is 8. The smallest absolute Gasteiger partial charge is 0.129 e. The minimum absolute atomic E-state index is 0.505. The van der Waals surface area contributed by atoms with E-state index in [0.717, 1.165) is 18.1 Å². The van der Waals surface area contributed by atoms with Gasteiger partial charge in [0.25, 0.3) is 0 Å². The lowest BCUT2D eigenvalue weighted by atomic mass is 10.2. The zero-order chi connectivity index (χ0) is 15.1. The van der Waals surface area contributed by atoms with E-state index in [-0.39, 0.29) is 0 Å². The van der Waals surface area contributed by atoms with E-state index in [1.165, 1.54) is 17.7 Å². The molecule has 1 heterocycles. The summed E-state index contributed by atoms with van der Waals surface area (Å²) in [5.74, 6) is 2.28. The van der Waals surface area contributed by atoms with Gasteiger partial charge in [-0.2, -0.15) is 11.8 Å². The second-order valence-electron chi connectivity index (χ2n) is 5.75. The highest BCUT2D eigenvalue weighted by atomic mass is 32.2. The monoisotopic (exact) mass is 295 g/mol. The summed E-state index contributed by atoms with van der Waals surface area (Å²) in [5, 5.41) is 3.47. The zero-order valence-electron chi connectivity index (χ0n) is 13.7. The lowest BCUT2D eigenvalue weighted by Gasteiger charge is -2.26. The maximum Gasteiger partial charge on any atom is 0.129 e. The highest BCUT2D eigenvalue weighted by Crippen LogP contribution is 2.18. The molecule has 0 spiro atoms. The minimum atomic E-state index is 0.505. The molecule has 3 nitrogen and oxygen atoms in total. The van der Waals surface area contributed by atoms with Crippen LogP contribution in [-0.4, -0.2) is 36.1 Å². The number of aryl methyl sites for hydroxylation is 1. The molecule has 0 aliphatic rings. The maximum atomic E-state index is 4.68. The van der Waals surface area contributed by atoms with E-state index in [4.69, 9.17) is 0 Å². The van der Waals surface area contributed by atoms with Gasteiger partial charge in [0.1, 0.15) is 5.82 Å². The van der Waals surface area contributed by atoms with Gasteiger partial charge in [0.05, 0.1) is 0 Å². The molecule has 1 aromatic rings. The standard InChI is InChI=1S/C16H29N3S/c1-12(2)17-11-15-9-13(3)18-16(10-15)19(5)14(4)7-8-20-6/h9-10,12,14,17H,7-8,11H2,1-6H3. The first-order valence-electron chi connectivity index (χ1n) is 7.36. The van der Waals surface area contributed by atoms with E-state index in [1.807, 2.05) is 11.8 Å². The Labute approximate surface area is 128 Å². The molecule has 114 valence electrons. The molecule has 1 aromatic heterocycles. The lowest BCUT2D eigenvalue weighted by molar-refractivity contribution is 0.587. The summed E-state index contributed by atoms with van der Waals surface area (Å²) in [6, 6.07) is 5.39. The molecule has 0 fully saturated rings. The number of aromatic nitrogens is 1. The molecule has 1 atom stereocenters. The van der Waals surface area contributed by atoms with Gasteiger partial charge in [0.2, 0.25) is 0 Å². The fraction of sp³-hybridized carbons (Fsp3) is 0.688. The van der Waals surface area contributed by atoms with Crippen molar-refractivity contribution in [3.8, 4) is 0 Å². The van der Waals surface area contributed by atoms with Crippen molar-refractivity contribution in [2.45, 2.75) is 52.7 Å². The van der Waals surface area contributed by atoms with E-state index < -0.39 is 0 Å². The summed E-state index contributed by atoms with van der Waals surface area (Å²) in [5.41, 5.74) is 2.40. The maximum absolute atomic E-state index is 4.68. The summed E-state index contributed by atoms with van der Waals surface area (Å²) in [4.78, 5) is 6.98. The van der Waals surface area contributed by atoms with Crippen LogP contribution in [0.5, 0.6) is 0 Å². The number of nitrogens with zero attached hydrogens (tertiary/aromatic N) is 2. The van der Waals surface area contributed by atoms with Gasteiger partial charge in [-0.05, 0) is 50.0 Å². The molecule has 0 aliphatic heterocycles. The van der Waals surface area contributed by atoms with Gasteiger partial charge in [-0.15, -0.1) is 0 Å². The van der Waals surface area contributed by atoms with Gasteiger partial charge < -0.3 is 10.2 Å². The van der Waals surface area contributed by atoms with Crippen molar-refractivity contribution in [3.63, 3.8) is 0 Å². The SMILES string of the molecule is CSCCC(C)N(C)c1cc(CNC(C)C)cc(C)n1. The van der Waals surface area contributed by atoms with Crippen molar-refractivity contribution in [1.29, 1.82) is 0 Å². The fourth-order valence-corrected chi connectivity index (χ4v) is 2.61. The number of nitrogens with one attached hydrogen (secondary N) is 1. The van der Waals surface area contributed by atoms with Crippen LogP contribution in [0.15, 0.2) is 12.1 Å². The summed E-state index contributed by atoms with van der Waals surface area (Å²) in [6.07, 6.45) is 3.35. The average molecular weight is 295 g/mol. The molecule has 1 unspecified atom stereocenters. The zero-order valence-corrected chi connectivity index (χ0v) is 14.5. The second-order valence-corrected chi connectivity index (χ2v) is 6.74. The van der Waals surface area contributed by atoms with Crippen LogP contribution in [0.25, 0.3) is 0 Å². The first kappa shape index (κ1) is 17.3. The molecule has 0 saturated heterocycles. The predicted octanol–water partition coefficient (Wildman–Crippen LogP) is 3.47. The largest absolute Gasteiger partial charge is 0.357 e. The Kier molecular flexibility index (Phi) is 7.38. The van der Waals surface area contributed by atoms with Gasteiger partial charge in [0.15, 0.2) is 0 Å². The topological polar surface area (TPSA) is 28.2 Å². The quantitative estimate of drug-likeness (QED) is 0.795. The Morgan fingerprint density at radius 3 is 2.60 bits per heavy atom. The van der Waals surface area contributed by atoms with Crippen molar-refractivity contribution in [1.82, 2.24) is 10.3 Å². The molecule has 1 rings (SSSR count). The van der Waals surface area contributed by atoms with Crippen molar-refractivity contribution in [2.24, 2.45) is 0 Å². The fourth-order valence-electron chi connectivity index (χ4n) is 2.03. The van der Waals surface area contributed by atoms with Crippen LogP contribution in [0.4, 0.5) is 5.82 Å². The molecule has 0 aromatic carbocycles. The van der Waals surface area contributed by atoms with Crippen LogP contribution in [0.3, 0.4) is 0 Å². The molecule has 0 amide bonds. The van der Waals surface area contributed by atoms with Crippen molar-refractivity contribution < 1.29 is 0 Å². The lowest BCUT2D eigenvalue weighted by Crippen LogP contribution is -2.30. The van der Waals surface area contributed by atoms with Gasteiger partial charge in [-0.25, -0.2) is 4.98 Å². The van der Waals surface area contributed by atoms with Crippen molar-refractivity contribution in [3.05, 3.63) is 23.4 Å². The van der Waals surface area contributed by atoms with Gasteiger partial charge >= 0.3 is 0 Å². The third kappa shape index (κ3) is 5.71. The van der Waals surface area contributed by atoms with E-state index >= 15 is 0 Å². The predicted molar refractivity (Wildman–Crippen MR) is 91.8 cm³/mol. The summed E-state index contributed by atoms with van der Waals surface area (Å²) in [6.45, 7) is 9.59. The third-order valence-electron chi connectivity index (χ3n) is 3.48. The number of anilines is 1. The third-order valence-corrected chi connectivity index (χ3v) is 4.12. The van der Waals surface area contributed by atoms with Gasteiger partial charge in [-0.1, -0.05) is 13.8 Å². The van der Waals surface area contributed by atoms with E-state index in [1.54, 1.807) is 0 Å². The first-order valence-corrected chi connectivity index (χ1v) is 8.76. The average Bonchev–Trinajstić information content (AvgIpc) is 2.41. The van der Waals surface area contributed by atoms with Crippen LogP contribution >= 0.6 is 11.8 Å².